The van der Waals surface area contributed by atoms with E-state index >= 15 is 0 Å². The fourth-order valence-corrected chi connectivity index (χ4v) is 4.73. The van der Waals surface area contributed by atoms with E-state index in [1.165, 1.54) is 5.56 Å². The molecule has 1 aliphatic rings. The lowest BCUT2D eigenvalue weighted by atomic mass is 9.85. The molecule has 1 aliphatic carbocycles. The van der Waals surface area contributed by atoms with Gasteiger partial charge in [-0.2, -0.15) is 0 Å². The van der Waals surface area contributed by atoms with Crippen molar-refractivity contribution in [3.05, 3.63) is 82.7 Å². The van der Waals surface area contributed by atoms with Crippen LogP contribution in [0.2, 0.25) is 0 Å². The number of hydrogen-bond acceptors (Lipinski definition) is 6. The second kappa shape index (κ2) is 11.9. The number of hydrogen-bond donors (Lipinski definition) is 1. The third kappa shape index (κ3) is 5.88. The zero-order chi connectivity index (χ0) is 27.2. The SMILES string of the molecule is CCOC(=O)C1=Cc2cc(-c3cncc(C(=O)NCc4ccc(OC)cc4OC)c3)ccc2C(C)C(C)C1. The van der Waals surface area contributed by atoms with Crippen LogP contribution in [-0.4, -0.2) is 37.7 Å². The van der Waals surface area contributed by atoms with Gasteiger partial charge in [-0.05, 0) is 72.2 Å². The topological polar surface area (TPSA) is 86.8 Å². The standard InChI is InChI=1S/C31H34N2O5/c1-6-38-31(35)24-11-19(2)20(3)28-10-8-21(12-23(28)13-24)25-14-26(17-32-16-25)30(34)33-18-22-7-9-27(36-4)15-29(22)37-5/h7-10,12-17,19-20H,6,11,18H2,1-5H3,(H,33,34). The molecule has 2 aromatic carbocycles. The van der Waals surface area contributed by atoms with Gasteiger partial charge in [0.1, 0.15) is 11.5 Å². The van der Waals surface area contributed by atoms with Crippen LogP contribution in [-0.2, 0) is 16.1 Å². The first kappa shape index (κ1) is 26.9. The highest BCUT2D eigenvalue weighted by Crippen LogP contribution is 2.38. The van der Waals surface area contributed by atoms with Crippen LogP contribution in [0.3, 0.4) is 0 Å². The Kier molecular flexibility index (Phi) is 8.46. The Labute approximate surface area is 223 Å². The van der Waals surface area contributed by atoms with E-state index in [1.54, 1.807) is 32.7 Å². The minimum atomic E-state index is -0.265. The largest absolute Gasteiger partial charge is 0.497 e. The molecule has 1 heterocycles. The molecule has 198 valence electrons. The minimum absolute atomic E-state index is 0.237. The number of methoxy groups -OCH3 is 2. The lowest BCUT2D eigenvalue weighted by Crippen LogP contribution is -2.23. The molecule has 7 nitrogen and oxygen atoms in total. The summed E-state index contributed by atoms with van der Waals surface area (Å²) in [5.41, 5.74) is 5.89. The summed E-state index contributed by atoms with van der Waals surface area (Å²) in [4.78, 5) is 29.9. The van der Waals surface area contributed by atoms with Crippen LogP contribution in [0.15, 0.2) is 60.4 Å². The molecule has 2 atom stereocenters. The second-order valence-electron chi connectivity index (χ2n) is 9.53. The summed E-state index contributed by atoms with van der Waals surface area (Å²) in [6, 6.07) is 13.5. The maximum atomic E-state index is 13.0. The maximum absolute atomic E-state index is 13.0. The van der Waals surface area contributed by atoms with E-state index in [0.717, 1.165) is 22.3 Å². The summed E-state index contributed by atoms with van der Waals surface area (Å²) in [6.45, 7) is 6.81. The van der Waals surface area contributed by atoms with Gasteiger partial charge in [0.15, 0.2) is 0 Å². The van der Waals surface area contributed by atoms with Crippen molar-refractivity contribution in [3.8, 4) is 22.6 Å². The zero-order valence-corrected chi connectivity index (χ0v) is 22.5. The molecule has 0 saturated heterocycles. The Balaban J connectivity index is 1.58. The Morgan fingerprint density at radius 1 is 1.00 bits per heavy atom. The highest BCUT2D eigenvalue weighted by atomic mass is 16.5. The zero-order valence-electron chi connectivity index (χ0n) is 22.5. The molecule has 1 aromatic heterocycles. The number of nitrogens with one attached hydrogen (secondary N) is 1. The number of amides is 1. The Morgan fingerprint density at radius 2 is 1.82 bits per heavy atom. The molecule has 1 N–H and O–H groups in total. The number of carbonyl (C=O) groups excluding carboxylic acids is 2. The number of aromatic nitrogens is 1. The number of fused-ring (bicyclic) bond motifs is 1. The molecular formula is C31H34N2O5. The summed E-state index contributed by atoms with van der Waals surface area (Å²) >= 11 is 0. The van der Waals surface area contributed by atoms with E-state index in [-0.39, 0.29) is 17.8 Å². The van der Waals surface area contributed by atoms with Crippen molar-refractivity contribution < 1.29 is 23.8 Å². The van der Waals surface area contributed by atoms with Crippen LogP contribution in [0.4, 0.5) is 0 Å². The molecule has 4 rings (SSSR count). The fraction of sp³-hybridized carbons (Fsp3) is 0.323. The van der Waals surface area contributed by atoms with Crippen LogP contribution >= 0.6 is 0 Å². The van der Waals surface area contributed by atoms with Crippen molar-refractivity contribution in [1.29, 1.82) is 0 Å². The monoisotopic (exact) mass is 514 g/mol. The van der Waals surface area contributed by atoms with Crippen LogP contribution in [0, 0.1) is 5.92 Å². The van der Waals surface area contributed by atoms with E-state index in [2.05, 4.69) is 36.3 Å². The summed E-state index contributed by atoms with van der Waals surface area (Å²) in [6.07, 6.45) is 5.91. The van der Waals surface area contributed by atoms with Gasteiger partial charge in [-0.1, -0.05) is 26.0 Å². The average Bonchev–Trinajstić information content (AvgIpc) is 3.07. The molecule has 38 heavy (non-hydrogen) atoms. The first-order valence-electron chi connectivity index (χ1n) is 12.8. The van der Waals surface area contributed by atoms with Crippen molar-refractivity contribution in [2.24, 2.45) is 5.92 Å². The lowest BCUT2D eigenvalue weighted by Gasteiger charge is -2.20. The molecule has 0 radical (unpaired) electrons. The Hall–Kier alpha value is -4.13. The number of rotatable bonds is 8. The maximum Gasteiger partial charge on any atom is 0.334 e. The van der Waals surface area contributed by atoms with Crippen molar-refractivity contribution in [1.82, 2.24) is 10.3 Å². The number of ether oxygens (including phenoxy) is 3. The van der Waals surface area contributed by atoms with Gasteiger partial charge in [0.2, 0.25) is 0 Å². The van der Waals surface area contributed by atoms with Gasteiger partial charge in [-0.15, -0.1) is 0 Å². The van der Waals surface area contributed by atoms with Crippen molar-refractivity contribution in [2.45, 2.75) is 39.7 Å². The minimum Gasteiger partial charge on any atom is -0.497 e. The fourth-order valence-electron chi connectivity index (χ4n) is 4.73. The molecule has 0 spiro atoms. The number of pyridine rings is 1. The Morgan fingerprint density at radius 3 is 2.55 bits per heavy atom. The van der Waals surface area contributed by atoms with Gasteiger partial charge >= 0.3 is 5.97 Å². The molecule has 0 fully saturated rings. The van der Waals surface area contributed by atoms with E-state index in [1.807, 2.05) is 37.3 Å². The van der Waals surface area contributed by atoms with Crippen molar-refractivity contribution in [2.75, 3.05) is 20.8 Å². The highest BCUT2D eigenvalue weighted by Gasteiger charge is 2.25. The van der Waals surface area contributed by atoms with Gasteiger partial charge in [0, 0.05) is 41.7 Å². The third-order valence-corrected chi connectivity index (χ3v) is 7.11. The summed E-state index contributed by atoms with van der Waals surface area (Å²) in [5.74, 6) is 1.41. The van der Waals surface area contributed by atoms with E-state index in [4.69, 9.17) is 14.2 Å². The molecule has 1 amide bonds. The molecule has 0 bridgehead atoms. The predicted molar refractivity (Wildman–Crippen MR) is 147 cm³/mol. The number of nitrogens with zero attached hydrogens (tertiary/aromatic N) is 1. The van der Waals surface area contributed by atoms with E-state index in [0.29, 0.717) is 48.1 Å². The first-order chi connectivity index (χ1) is 18.3. The second-order valence-corrected chi connectivity index (χ2v) is 9.53. The summed E-state index contributed by atoms with van der Waals surface area (Å²) in [7, 11) is 3.18. The molecule has 3 aromatic rings. The molecular weight excluding hydrogens is 480 g/mol. The third-order valence-electron chi connectivity index (χ3n) is 7.11. The van der Waals surface area contributed by atoms with E-state index in [9.17, 15) is 9.59 Å². The smallest absolute Gasteiger partial charge is 0.334 e. The van der Waals surface area contributed by atoms with Gasteiger partial charge in [-0.3, -0.25) is 9.78 Å². The van der Waals surface area contributed by atoms with Crippen LogP contribution in [0.25, 0.3) is 17.2 Å². The van der Waals surface area contributed by atoms with Crippen LogP contribution in [0.5, 0.6) is 11.5 Å². The average molecular weight is 515 g/mol. The van der Waals surface area contributed by atoms with E-state index < -0.39 is 0 Å². The molecule has 2 unspecified atom stereocenters. The molecule has 0 saturated carbocycles. The van der Waals surface area contributed by atoms with Crippen LogP contribution < -0.4 is 14.8 Å². The Bertz CT molecular complexity index is 1360. The predicted octanol–water partition coefficient (Wildman–Crippen LogP) is 5.79. The molecule has 7 heteroatoms. The van der Waals surface area contributed by atoms with Crippen molar-refractivity contribution in [3.63, 3.8) is 0 Å². The molecule has 0 aliphatic heterocycles. The van der Waals surface area contributed by atoms with Gasteiger partial charge in [0.05, 0.1) is 26.4 Å². The first-order valence-corrected chi connectivity index (χ1v) is 12.8. The lowest BCUT2D eigenvalue weighted by molar-refractivity contribution is -0.138. The van der Waals surface area contributed by atoms with Gasteiger partial charge < -0.3 is 19.5 Å². The normalized spacial score (nSPS) is 16.5. The van der Waals surface area contributed by atoms with Crippen LogP contribution in [0.1, 0.15) is 60.2 Å². The summed E-state index contributed by atoms with van der Waals surface area (Å²) in [5, 5.41) is 2.94. The van der Waals surface area contributed by atoms with Crippen molar-refractivity contribution >= 4 is 18.0 Å². The number of benzene rings is 2. The number of esters is 1. The summed E-state index contributed by atoms with van der Waals surface area (Å²) < 4.78 is 16.0. The van der Waals surface area contributed by atoms with Gasteiger partial charge in [0.25, 0.3) is 5.91 Å². The number of carbonyl (C=O) groups is 2. The quantitative estimate of drug-likeness (QED) is 0.383. The van der Waals surface area contributed by atoms with Gasteiger partial charge in [-0.25, -0.2) is 4.79 Å². The highest BCUT2D eigenvalue weighted by molar-refractivity contribution is 5.96.